The highest BCUT2D eigenvalue weighted by Crippen LogP contribution is 2.30. The molecular weight excluding hydrogens is 232 g/mol. The number of hydrogen-bond acceptors (Lipinski definition) is 5. The molecule has 96 valence electrons. The summed E-state index contributed by atoms with van der Waals surface area (Å²) in [6.07, 6.45) is 1.58. The van der Waals surface area contributed by atoms with Crippen molar-refractivity contribution < 1.29 is 14.0 Å². The molecule has 1 aromatic heterocycles. The van der Waals surface area contributed by atoms with Crippen LogP contribution >= 0.6 is 0 Å². The molecule has 1 heterocycles. The number of benzene rings is 1. The van der Waals surface area contributed by atoms with Crippen LogP contribution in [0.3, 0.4) is 0 Å². The number of ether oxygens (including phenoxy) is 2. The number of hydrogen-bond donors (Lipinski definition) is 1. The summed E-state index contributed by atoms with van der Waals surface area (Å²) in [6.45, 7) is 2.23. The number of aromatic nitrogens is 1. The van der Waals surface area contributed by atoms with Crippen molar-refractivity contribution >= 4 is 0 Å². The third-order valence-corrected chi connectivity index (χ3v) is 2.57. The van der Waals surface area contributed by atoms with Gasteiger partial charge in [-0.15, -0.1) is 0 Å². The van der Waals surface area contributed by atoms with Crippen LogP contribution in [0.1, 0.15) is 24.3 Å². The summed E-state index contributed by atoms with van der Waals surface area (Å²) in [5, 5.41) is 3.61. The summed E-state index contributed by atoms with van der Waals surface area (Å²) in [7, 11) is 1.60. The van der Waals surface area contributed by atoms with Gasteiger partial charge in [-0.1, -0.05) is 11.2 Å². The van der Waals surface area contributed by atoms with Crippen LogP contribution in [0.4, 0.5) is 0 Å². The molecule has 2 rings (SSSR count). The summed E-state index contributed by atoms with van der Waals surface area (Å²) < 4.78 is 15.8. The minimum Gasteiger partial charge on any atom is -0.493 e. The van der Waals surface area contributed by atoms with Gasteiger partial charge in [-0.2, -0.15) is 0 Å². The van der Waals surface area contributed by atoms with E-state index in [4.69, 9.17) is 19.7 Å². The van der Waals surface area contributed by atoms with Crippen LogP contribution in [0.25, 0.3) is 0 Å². The molecule has 0 bridgehead atoms. The van der Waals surface area contributed by atoms with Crippen molar-refractivity contribution in [2.75, 3.05) is 7.11 Å². The average Bonchev–Trinajstić information content (AvgIpc) is 2.89. The van der Waals surface area contributed by atoms with Gasteiger partial charge in [0.25, 0.3) is 0 Å². The van der Waals surface area contributed by atoms with Crippen molar-refractivity contribution in [2.45, 2.75) is 19.6 Å². The van der Waals surface area contributed by atoms with Gasteiger partial charge in [0.2, 0.25) is 0 Å². The molecule has 0 spiro atoms. The van der Waals surface area contributed by atoms with Crippen molar-refractivity contribution in [3.63, 3.8) is 0 Å². The van der Waals surface area contributed by atoms with E-state index in [1.807, 2.05) is 25.1 Å². The van der Waals surface area contributed by atoms with Gasteiger partial charge < -0.3 is 19.7 Å². The van der Waals surface area contributed by atoms with Crippen LogP contribution in [0.15, 0.2) is 35.0 Å². The summed E-state index contributed by atoms with van der Waals surface area (Å²) in [5.41, 5.74) is 6.82. The topological polar surface area (TPSA) is 70.5 Å². The maximum absolute atomic E-state index is 5.82. The lowest BCUT2D eigenvalue weighted by Crippen LogP contribution is -2.05. The Morgan fingerprint density at radius 3 is 2.78 bits per heavy atom. The molecule has 0 fully saturated rings. The Kier molecular flexibility index (Phi) is 3.84. The molecule has 0 aliphatic carbocycles. The molecule has 1 aromatic carbocycles. The molecule has 0 saturated heterocycles. The SMILES string of the molecule is COc1cc([C@H](C)N)ccc1OCc1ccno1. The van der Waals surface area contributed by atoms with Gasteiger partial charge >= 0.3 is 0 Å². The van der Waals surface area contributed by atoms with Gasteiger partial charge in [-0.3, -0.25) is 0 Å². The molecule has 2 N–H and O–H groups in total. The Morgan fingerprint density at radius 1 is 1.33 bits per heavy atom. The van der Waals surface area contributed by atoms with E-state index in [1.165, 1.54) is 0 Å². The quantitative estimate of drug-likeness (QED) is 0.879. The van der Waals surface area contributed by atoms with Crippen molar-refractivity contribution in [1.29, 1.82) is 0 Å². The molecule has 0 radical (unpaired) electrons. The highest BCUT2D eigenvalue weighted by Gasteiger charge is 2.09. The van der Waals surface area contributed by atoms with Gasteiger partial charge in [-0.25, -0.2) is 0 Å². The third kappa shape index (κ3) is 2.81. The van der Waals surface area contributed by atoms with Crippen LogP contribution in [0.2, 0.25) is 0 Å². The zero-order valence-electron chi connectivity index (χ0n) is 10.4. The van der Waals surface area contributed by atoms with Crippen LogP contribution in [-0.2, 0) is 6.61 Å². The zero-order chi connectivity index (χ0) is 13.0. The van der Waals surface area contributed by atoms with Crippen LogP contribution in [-0.4, -0.2) is 12.3 Å². The van der Waals surface area contributed by atoms with Gasteiger partial charge in [0.15, 0.2) is 17.3 Å². The van der Waals surface area contributed by atoms with Gasteiger partial charge in [-0.05, 0) is 24.6 Å². The zero-order valence-corrected chi connectivity index (χ0v) is 10.4. The van der Waals surface area contributed by atoms with E-state index < -0.39 is 0 Å². The Balaban J connectivity index is 2.12. The van der Waals surface area contributed by atoms with E-state index in [1.54, 1.807) is 19.4 Å². The monoisotopic (exact) mass is 248 g/mol. The molecule has 0 saturated carbocycles. The van der Waals surface area contributed by atoms with E-state index in [-0.39, 0.29) is 6.04 Å². The largest absolute Gasteiger partial charge is 0.493 e. The van der Waals surface area contributed by atoms with Gasteiger partial charge in [0.05, 0.1) is 13.3 Å². The predicted octanol–water partition coefficient (Wildman–Crippen LogP) is 2.28. The van der Waals surface area contributed by atoms with E-state index >= 15 is 0 Å². The summed E-state index contributed by atoms with van der Waals surface area (Å²) in [5.74, 6) is 1.97. The first-order chi connectivity index (χ1) is 8.70. The minimum absolute atomic E-state index is 0.0396. The van der Waals surface area contributed by atoms with Crippen molar-refractivity contribution in [1.82, 2.24) is 5.16 Å². The lowest BCUT2D eigenvalue weighted by atomic mass is 10.1. The summed E-state index contributed by atoms with van der Waals surface area (Å²) >= 11 is 0. The molecule has 18 heavy (non-hydrogen) atoms. The molecule has 2 aromatic rings. The van der Waals surface area contributed by atoms with Crippen LogP contribution in [0.5, 0.6) is 11.5 Å². The van der Waals surface area contributed by atoms with E-state index in [0.29, 0.717) is 23.9 Å². The summed E-state index contributed by atoms with van der Waals surface area (Å²) in [4.78, 5) is 0. The van der Waals surface area contributed by atoms with Gasteiger partial charge in [0.1, 0.15) is 6.61 Å². The lowest BCUT2D eigenvalue weighted by Gasteiger charge is -2.12. The van der Waals surface area contributed by atoms with Crippen LogP contribution < -0.4 is 15.2 Å². The lowest BCUT2D eigenvalue weighted by molar-refractivity contribution is 0.239. The molecule has 0 unspecified atom stereocenters. The Bertz CT molecular complexity index is 495. The first-order valence-electron chi connectivity index (χ1n) is 5.66. The van der Waals surface area contributed by atoms with E-state index in [9.17, 15) is 0 Å². The third-order valence-electron chi connectivity index (χ3n) is 2.57. The number of methoxy groups -OCH3 is 1. The van der Waals surface area contributed by atoms with E-state index in [2.05, 4.69) is 5.16 Å². The number of nitrogens with zero attached hydrogens (tertiary/aromatic N) is 1. The Labute approximate surface area is 105 Å². The second kappa shape index (κ2) is 5.55. The maximum atomic E-state index is 5.82. The maximum Gasteiger partial charge on any atom is 0.174 e. The number of nitrogens with two attached hydrogens (primary N) is 1. The Morgan fingerprint density at radius 2 is 2.17 bits per heavy atom. The van der Waals surface area contributed by atoms with Crippen molar-refractivity contribution in [2.24, 2.45) is 5.73 Å². The number of rotatable bonds is 5. The molecule has 0 aliphatic heterocycles. The second-order valence-corrected chi connectivity index (χ2v) is 3.97. The Hall–Kier alpha value is -2.01. The average molecular weight is 248 g/mol. The molecule has 5 nitrogen and oxygen atoms in total. The fraction of sp³-hybridized carbons (Fsp3) is 0.308. The molecule has 0 amide bonds. The minimum atomic E-state index is -0.0396. The standard InChI is InChI=1S/C13H16N2O3/c1-9(14)10-3-4-12(13(7-10)16-2)17-8-11-5-6-15-18-11/h3-7,9H,8,14H2,1-2H3/t9-/m0/s1. The van der Waals surface area contributed by atoms with Crippen LogP contribution in [0, 0.1) is 0 Å². The highest BCUT2D eigenvalue weighted by molar-refractivity contribution is 5.43. The van der Waals surface area contributed by atoms with Gasteiger partial charge in [0, 0.05) is 12.1 Å². The highest BCUT2D eigenvalue weighted by atomic mass is 16.5. The van der Waals surface area contributed by atoms with Crippen molar-refractivity contribution in [3.8, 4) is 11.5 Å². The molecular formula is C13H16N2O3. The molecule has 0 aliphatic rings. The fourth-order valence-corrected chi connectivity index (χ4v) is 1.55. The first kappa shape index (κ1) is 12.4. The smallest absolute Gasteiger partial charge is 0.174 e. The first-order valence-corrected chi connectivity index (χ1v) is 5.66. The second-order valence-electron chi connectivity index (χ2n) is 3.97. The normalized spacial score (nSPS) is 12.2. The summed E-state index contributed by atoms with van der Waals surface area (Å²) in [6, 6.07) is 7.35. The molecule has 5 heteroatoms. The molecule has 1 atom stereocenters. The fourth-order valence-electron chi connectivity index (χ4n) is 1.55. The van der Waals surface area contributed by atoms with E-state index in [0.717, 1.165) is 5.56 Å². The van der Waals surface area contributed by atoms with Crippen molar-refractivity contribution in [3.05, 3.63) is 41.8 Å². The predicted molar refractivity (Wildman–Crippen MR) is 66.4 cm³/mol.